The fourth-order valence-corrected chi connectivity index (χ4v) is 4.98. The van der Waals surface area contributed by atoms with E-state index in [9.17, 15) is 9.18 Å². The fourth-order valence-electron chi connectivity index (χ4n) is 4.98. The summed E-state index contributed by atoms with van der Waals surface area (Å²) in [5.74, 6) is 0.439. The van der Waals surface area contributed by atoms with E-state index < -0.39 is 5.82 Å². The van der Waals surface area contributed by atoms with E-state index in [1.165, 1.54) is 12.1 Å². The molecule has 0 aliphatic carbocycles. The van der Waals surface area contributed by atoms with Gasteiger partial charge in [0.15, 0.2) is 5.82 Å². The van der Waals surface area contributed by atoms with Crippen LogP contribution in [-0.4, -0.2) is 73.2 Å². The third-order valence-electron chi connectivity index (χ3n) is 7.03. The molecule has 0 aliphatic heterocycles. The summed E-state index contributed by atoms with van der Waals surface area (Å²) in [6, 6.07) is 10.1. The minimum absolute atomic E-state index is 0.0768. The lowest BCUT2D eigenvalue weighted by Crippen LogP contribution is -2.19. The van der Waals surface area contributed by atoms with Crippen molar-refractivity contribution in [3.8, 4) is 39.8 Å². The Morgan fingerprint density at radius 3 is 2.64 bits per heavy atom. The highest BCUT2D eigenvalue weighted by Gasteiger charge is 2.19. The van der Waals surface area contributed by atoms with Crippen molar-refractivity contribution in [1.82, 2.24) is 40.0 Å². The molecule has 0 atom stereocenters. The summed E-state index contributed by atoms with van der Waals surface area (Å²) in [5.41, 5.74) is 5.54. The SMILES string of the molecule is CN(C)CCOc1cc(F)cc(-c2nccc3[nH]c(-c4n[nH]c5cnc(-c6cncc(NC(=O)CC(C)(C)C)c6)cc45)nc23)c1. The van der Waals surface area contributed by atoms with E-state index in [2.05, 4.69) is 35.5 Å². The number of likely N-dealkylation sites (N-methyl/N-ethyl adjacent to an activating group) is 1. The lowest BCUT2D eigenvalue weighted by Gasteiger charge is -2.17. The first-order valence-electron chi connectivity index (χ1n) is 14.6. The highest BCUT2D eigenvalue weighted by molar-refractivity contribution is 5.97. The Hall–Kier alpha value is -5.23. The molecular weight excluding hydrogens is 573 g/mol. The third-order valence-corrected chi connectivity index (χ3v) is 7.03. The van der Waals surface area contributed by atoms with Gasteiger partial charge in [0.25, 0.3) is 0 Å². The first kappa shape index (κ1) is 29.8. The molecule has 0 fully saturated rings. The van der Waals surface area contributed by atoms with Crippen LogP contribution in [0.2, 0.25) is 0 Å². The number of aromatic nitrogens is 7. The van der Waals surface area contributed by atoms with E-state index in [0.717, 1.165) is 22.0 Å². The molecule has 6 aromatic rings. The Morgan fingerprint density at radius 1 is 1.00 bits per heavy atom. The molecule has 5 heterocycles. The molecule has 0 radical (unpaired) electrons. The van der Waals surface area contributed by atoms with E-state index in [1.807, 2.05) is 58.0 Å². The number of H-pyrrole nitrogens is 2. The third kappa shape index (κ3) is 6.80. The number of carbonyl (C=O) groups excluding carboxylic acids is 1. The van der Waals surface area contributed by atoms with E-state index in [-0.39, 0.29) is 11.3 Å². The van der Waals surface area contributed by atoms with E-state index in [1.54, 1.807) is 30.9 Å². The number of nitrogens with one attached hydrogen (secondary N) is 3. The normalized spacial score (nSPS) is 11.9. The minimum atomic E-state index is -0.424. The number of amides is 1. The summed E-state index contributed by atoms with van der Waals surface area (Å²) in [6.07, 6.45) is 7.06. The standard InChI is InChI=1S/C33H34FN9O2/c1-33(2,3)15-28(44)38-22-11-20(16-35-17-22)26-14-24-27(18-37-26)41-42-30(24)32-39-25-6-7-36-29(31(25)40-32)19-10-21(34)13-23(12-19)45-9-8-43(4)5/h6-7,10-14,16-18H,8-9,15H2,1-5H3,(H,38,44)(H,39,40)(H,41,42). The van der Waals surface area contributed by atoms with Crippen molar-refractivity contribution in [2.45, 2.75) is 27.2 Å². The summed E-state index contributed by atoms with van der Waals surface area (Å²) < 4.78 is 20.4. The van der Waals surface area contributed by atoms with E-state index >= 15 is 0 Å². The number of benzene rings is 1. The van der Waals surface area contributed by atoms with Crippen LogP contribution in [-0.2, 0) is 4.79 Å². The second kappa shape index (κ2) is 12.0. The zero-order valence-electron chi connectivity index (χ0n) is 25.8. The molecule has 12 heteroatoms. The van der Waals surface area contributed by atoms with Gasteiger partial charge in [-0.25, -0.2) is 9.37 Å². The van der Waals surface area contributed by atoms with Crippen LogP contribution in [0.3, 0.4) is 0 Å². The topological polar surface area (TPSA) is 138 Å². The lowest BCUT2D eigenvalue weighted by molar-refractivity contribution is -0.117. The molecule has 11 nitrogen and oxygen atoms in total. The Kier molecular flexibility index (Phi) is 7.98. The smallest absolute Gasteiger partial charge is 0.224 e. The van der Waals surface area contributed by atoms with Crippen LogP contribution in [0, 0.1) is 11.2 Å². The van der Waals surface area contributed by atoms with Crippen molar-refractivity contribution in [1.29, 1.82) is 0 Å². The molecule has 3 N–H and O–H groups in total. The summed E-state index contributed by atoms with van der Waals surface area (Å²) in [5, 5.41) is 11.3. The predicted octanol–water partition coefficient (Wildman–Crippen LogP) is 6.08. The molecule has 0 spiro atoms. The molecular formula is C33H34FN9O2. The van der Waals surface area contributed by atoms with Crippen molar-refractivity contribution >= 4 is 33.5 Å². The molecule has 1 aromatic carbocycles. The van der Waals surface area contributed by atoms with Crippen LogP contribution in [0.25, 0.3) is 56.0 Å². The van der Waals surface area contributed by atoms with E-state index in [0.29, 0.717) is 65.0 Å². The Labute approximate surface area is 259 Å². The van der Waals surface area contributed by atoms with Gasteiger partial charge in [-0.05, 0) is 49.8 Å². The fraction of sp³-hybridized carbons (Fsp3) is 0.273. The van der Waals surface area contributed by atoms with Crippen LogP contribution >= 0.6 is 0 Å². The van der Waals surface area contributed by atoms with Crippen molar-refractivity contribution < 1.29 is 13.9 Å². The first-order valence-corrected chi connectivity index (χ1v) is 14.6. The maximum atomic E-state index is 14.6. The number of imidazole rings is 1. The Morgan fingerprint density at radius 2 is 1.84 bits per heavy atom. The maximum absolute atomic E-state index is 14.6. The zero-order chi connectivity index (χ0) is 31.7. The molecule has 5 aromatic heterocycles. The van der Waals surface area contributed by atoms with Gasteiger partial charge in [-0.3, -0.25) is 24.8 Å². The molecule has 0 bridgehead atoms. The van der Waals surface area contributed by atoms with Crippen molar-refractivity contribution in [3.63, 3.8) is 0 Å². The molecule has 0 saturated heterocycles. The monoisotopic (exact) mass is 607 g/mol. The summed E-state index contributed by atoms with van der Waals surface area (Å²) in [6.45, 7) is 7.18. The van der Waals surface area contributed by atoms with Crippen molar-refractivity contribution in [2.75, 3.05) is 32.6 Å². The van der Waals surface area contributed by atoms with Crippen molar-refractivity contribution in [3.05, 3.63) is 67.0 Å². The number of nitrogens with zero attached hydrogens (tertiary/aromatic N) is 6. The van der Waals surface area contributed by atoms with Gasteiger partial charge in [0, 0.05) is 47.9 Å². The lowest BCUT2D eigenvalue weighted by atomic mass is 9.92. The van der Waals surface area contributed by atoms with Gasteiger partial charge in [-0.2, -0.15) is 5.10 Å². The summed E-state index contributed by atoms with van der Waals surface area (Å²) in [4.78, 5) is 36.1. The molecule has 6 rings (SSSR count). The zero-order valence-corrected chi connectivity index (χ0v) is 25.8. The van der Waals surface area contributed by atoms with Gasteiger partial charge >= 0.3 is 0 Å². The number of aromatic amines is 2. The molecule has 230 valence electrons. The molecule has 1 amide bonds. The number of ether oxygens (including phenoxy) is 1. The van der Waals surface area contributed by atoms with Gasteiger partial charge < -0.3 is 19.9 Å². The first-order chi connectivity index (χ1) is 21.5. The van der Waals surface area contributed by atoms with Gasteiger partial charge in [-0.15, -0.1) is 0 Å². The van der Waals surface area contributed by atoms with Crippen LogP contribution in [0.1, 0.15) is 27.2 Å². The predicted molar refractivity (Wildman–Crippen MR) is 172 cm³/mol. The highest BCUT2D eigenvalue weighted by atomic mass is 19.1. The number of halogens is 1. The largest absolute Gasteiger partial charge is 0.492 e. The average Bonchev–Trinajstić information content (AvgIpc) is 3.59. The van der Waals surface area contributed by atoms with Crippen LogP contribution < -0.4 is 10.1 Å². The van der Waals surface area contributed by atoms with Gasteiger partial charge in [-0.1, -0.05) is 20.8 Å². The highest BCUT2D eigenvalue weighted by Crippen LogP contribution is 2.33. The van der Waals surface area contributed by atoms with Crippen LogP contribution in [0.15, 0.2) is 61.2 Å². The van der Waals surface area contributed by atoms with Gasteiger partial charge in [0.1, 0.15) is 29.4 Å². The number of fused-ring (bicyclic) bond motifs is 2. The summed E-state index contributed by atoms with van der Waals surface area (Å²) in [7, 11) is 3.90. The maximum Gasteiger partial charge on any atom is 0.224 e. The number of pyridine rings is 3. The Balaban J connectivity index is 1.33. The van der Waals surface area contributed by atoms with Crippen molar-refractivity contribution in [2.24, 2.45) is 5.41 Å². The molecule has 0 aliphatic rings. The van der Waals surface area contributed by atoms with Crippen LogP contribution in [0.4, 0.5) is 10.1 Å². The summed E-state index contributed by atoms with van der Waals surface area (Å²) >= 11 is 0. The van der Waals surface area contributed by atoms with Crippen LogP contribution in [0.5, 0.6) is 5.75 Å². The minimum Gasteiger partial charge on any atom is -0.492 e. The molecule has 0 unspecified atom stereocenters. The number of carbonyl (C=O) groups is 1. The molecule has 45 heavy (non-hydrogen) atoms. The number of rotatable bonds is 9. The van der Waals surface area contributed by atoms with Gasteiger partial charge in [0.05, 0.1) is 40.5 Å². The number of anilines is 1. The molecule has 0 saturated carbocycles. The second-order valence-corrected chi connectivity index (χ2v) is 12.4. The van der Waals surface area contributed by atoms with Gasteiger partial charge in [0.2, 0.25) is 5.91 Å². The van der Waals surface area contributed by atoms with E-state index in [4.69, 9.17) is 9.72 Å². The second-order valence-electron chi connectivity index (χ2n) is 12.4. The average molecular weight is 608 g/mol. The number of hydrogen-bond donors (Lipinski definition) is 3. The Bertz CT molecular complexity index is 2010. The number of hydrogen-bond acceptors (Lipinski definition) is 8. The quantitative estimate of drug-likeness (QED) is 0.180.